The first-order valence-corrected chi connectivity index (χ1v) is 9.67. The van der Waals surface area contributed by atoms with Crippen LogP contribution in [0.1, 0.15) is 19.4 Å². The van der Waals surface area contributed by atoms with Gasteiger partial charge in [-0.3, -0.25) is 0 Å². The van der Waals surface area contributed by atoms with Gasteiger partial charge in [-0.15, -0.1) is 0 Å². The number of rotatable bonds is 8. The van der Waals surface area contributed by atoms with Crippen LogP contribution in [0.3, 0.4) is 0 Å². The van der Waals surface area contributed by atoms with Gasteiger partial charge in [-0.1, -0.05) is 12.1 Å². The molecule has 2 aromatic carbocycles. The van der Waals surface area contributed by atoms with E-state index in [1.165, 1.54) is 0 Å². The summed E-state index contributed by atoms with van der Waals surface area (Å²) < 4.78 is 23.9. The lowest BCUT2D eigenvalue weighted by molar-refractivity contribution is 0.242. The predicted octanol–water partition coefficient (Wildman–Crippen LogP) is 4.30. The Morgan fingerprint density at radius 3 is 2.50 bits per heavy atom. The van der Waals surface area contributed by atoms with Crippen LogP contribution in [-0.4, -0.2) is 48.5 Å². The molecular weight excluding hydrogens is 404 g/mol. The highest BCUT2D eigenvalue weighted by Crippen LogP contribution is 2.39. The van der Waals surface area contributed by atoms with Gasteiger partial charge in [0.2, 0.25) is 10.5 Å². The molecule has 0 aliphatic carbocycles. The Labute approximate surface area is 180 Å². The molecule has 0 aliphatic heterocycles. The van der Waals surface area contributed by atoms with E-state index in [1.54, 1.807) is 38.3 Å². The van der Waals surface area contributed by atoms with Crippen molar-refractivity contribution < 1.29 is 18.9 Å². The Bertz CT molecular complexity index is 1100. The van der Waals surface area contributed by atoms with Crippen molar-refractivity contribution in [2.24, 2.45) is 5.10 Å². The molecule has 8 nitrogen and oxygen atoms in total. The number of hydrogen-bond donors (Lipinski definition) is 1. The Balaban J connectivity index is 2.01. The Hall–Kier alpha value is -3.33. The van der Waals surface area contributed by atoms with Crippen molar-refractivity contribution in [3.8, 4) is 34.4 Å². The second-order valence-electron chi connectivity index (χ2n) is 6.53. The average Bonchev–Trinajstić information content (AvgIpc) is 3.11. The van der Waals surface area contributed by atoms with E-state index in [9.17, 15) is 0 Å². The van der Waals surface area contributed by atoms with Crippen LogP contribution in [-0.2, 0) is 0 Å². The number of H-pyrrole nitrogens is 1. The molecule has 0 aliphatic rings. The fraction of sp³-hybridized carbons (Fsp3) is 0.286. The third-order valence-electron chi connectivity index (χ3n) is 4.16. The molecule has 0 spiro atoms. The van der Waals surface area contributed by atoms with E-state index in [0.717, 1.165) is 11.3 Å². The van der Waals surface area contributed by atoms with Crippen LogP contribution in [0.5, 0.6) is 23.0 Å². The third-order valence-corrected chi connectivity index (χ3v) is 4.43. The predicted molar refractivity (Wildman–Crippen MR) is 118 cm³/mol. The highest BCUT2D eigenvalue weighted by molar-refractivity contribution is 7.71. The molecule has 0 saturated carbocycles. The summed E-state index contributed by atoms with van der Waals surface area (Å²) in [5, 5.41) is 11.6. The van der Waals surface area contributed by atoms with Crippen molar-refractivity contribution in [3.63, 3.8) is 0 Å². The van der Waals surface area contributed by atoms with Crippen molar-refractivity contribution in [3.05, 3.63) is 46.7 Å². The number of aromatic amines is 1. The standard InChI is InChI=1S/C21H24N4O4S/c1-13(2)29-16-8-6-7-14(11-16)20-23-24-21(30)25(20)22-12-15-9-10-17(26-3)19(28-5)18(15)27-4/h6-13H,1-5H3,(H,24,30)/b22-12-. The molecule has 1 heterocycles. The molecule has 158 valence electrons. The van der Waals surface area contributed by atoms with Gasteiger partial charge in [-0.05, 0) is 50.3 Å². The van der Waals surface area contributed by atoms with Crippen molar-refractivity contribution in [2.75, 3.05) is 21.3 Å². The fourth-order valence-electron chi connectivity index (χ4n) is 2.91. The van der Waals surface area contributed by atoms with E-state index in [-0.39, 0.29) is 6.10 Å². The molecule has 3 rings (SSSR count). The van der Waals surface area contributed by atoms with Crippen LogP contribution in [0.15, 0.2) is 41.5 Å². The number of aromatic nitrogens is 3. The third kappa shape index (κ3) is 4.46. The Morgan fingerprint density at radius 1 is 1.07 bits per heavy atom. The van der Waals surface area contributed by atoms with Gasteiger partial charge in [0.15, 0.2) is 17.3 Å². The molecule has 0 bridgehead atoms. The van der Waals surface area contributed by atoms with Crippen molar-refractivity contribution >= 4 is 18.4 Å². The summed E-state index contributed by atoms with van der Waals surface area (Å²) in [5.74, 6) is 2.86. The Morgan fingerprint density at radius 2 is 1.83 bits per heavy atom. The van der Waals surface area contributed by atoms with Gasteiger partial charge < -0.3 is 18.9 Å². The SMILES string of the molecule is COc1ccc(/C=N\n2c(-c3cccc(OC(C)C)c3)n[nH]c2=S)c(OC)c1OC. The van der Waals surface area contributed by atoms with Crippen LogP contribution in [0.2, 0.25) is 0 Å². The highest BCUT2D eigenvalue weighted by atomic mass is 32.1. The van der Waals surface area contributed by atoms with Crippen LogP contribution in [0.4, 0.5) is 0 Å². The largest absolute Gasteiger partial charge is 0.493 e. The first-order valence-electron chi connectivity index (χ1n) is 9.26. The number of methoxy groups -OCH3 is 3. The molecule has 30 heavy (non-hydrogen) atoms. The topological polar surface area (TPSA) is 82.9 Å². The molecule has 3 aromatic rings. The smallest absolute Gasteiger partial charge is 0.216 e. The quantitative estimate of drug-likeness (QED) is 0.425. The van der Waals surface area contributed by atoms with Crippen LogP contribution < -0.4 is 18.9 Å². The lowest BCUT2D eigenvalue weighted by Gasteiger charge is -2.13. The summed E-state index contributed by atoms with van der Waals surface area (Å²) in [6.07, 6.45) is 1.70. The van der Waals surface area contributed by atoms with Gasteiger partial charge in [0.25, 0.3) is 0 Å². The van der Waals surface area contributed by atoms with Gasteiger partial charge in [0.05, 0.1) is 33.6 Å². The zero-order valence-corrected chi connectivity index (χ0v) is 18.3. The molecule has 1 N–H and O–H groups in total. The minimum Gasteiger partial charge on any atom is -0.493 e. The molecule has 0 unspecified atom stereocenters. The highest BCUT2D eigenvalue weighted by Gasteiger charge is 2.15. The molecule has 1 aromatic heterocycles. The second kappa shape index (κ2) is 9.45. The van der Waals surface area contributed by atoms with Gasteiger partial charge in [0, 0.05) is 11.1 Å². The summed E-state index contributed by atoms with van der Waals surface area (Å²) in [7, 11) is 4.68. The summed E-state index contributed by atoms with van der Waals surface area (Å²) >= 11 is 5.36. The number of ether oxygens (including phenoxy) is 4. The van der Waals surface area contributed by atoms with Crippen molar-refractivity contribution in [1.82, 2.24) is 14.9 Å². The normalized spacial score (nSPS) is 11.1. The minimum atomic E-state index is 0.0663. The second-order valence-corrected chi connectivity index (χ2v) is 6.91. The van der Waals surface area contributed by atoms with E-state index in [0.29, 0.717) is 33.4 Å². The van der Waals surface area contributed by atoms with Crippen LogP contribution >= 0.6 is 12.2 Å². The molecular formula is C21H24N4O4S. The van der Waals surface area contributed by atoms with E-state index < -0.39 is 0 Å². The summed E-state index contributed by atoms with van der Waals surface area (Å²) in [6.45, 7) is 3.95. The number of hydrogen-bond acceptors (Lipinski definition) is 7. The van der Waals surface area contributed by atoms with Crippen molar-refractivity contribution in [1.29, 1.82) is 0 Å². The summed E-state index contributed by atoms with van der Waals surface area (Å²) in [5.41, 5.74) is 1.51. The van der Waals surface area contributed by atoms with Crippen LogP contribution in [0, 0.1) is 4.77 Å². The number of nitrogens with one attached hydrogen (secondary N) is 1. The van der Waals surface area contributed by atoms with Gasteiger partial charge >= 0.3 is 0 Å². The summed E-state index contributed by atoms with van der Waals surface area (Å²) in [6, 6.07) is 11.2. The maximum atomic E-state index is 5.78. The van der Waals surface area contributed by atoms with E-state index in [2.05, 4.69) is 15.3 Å². The molecule has 0 amide bonds. The molecule has 0 saturated heterocycles. The maximum Gasteiger partial charge on any atom is 0.216 e. The average molecular weight is 429 g/mol. The zero-order chi connectivity index (χ0) is 21.7. The fourth-order valence-corrected chi connectivity index (χ4v) is 3.09. The summed E-state index contributed by atoms with van der Waals surface area (Å²) in [4.78, 5) is 0. The molecule has 9 heteroatoms. The molecule has 0 radical (unpaired) electrons. The monoisotopic (exact) mass is 428 g/mol. The van der Waals surface area contributed by atoms with Gasteiger partial charge in [-0.2, -0.15) is 14.9 Å². The van der Waals surface area contributed by atoms with E-state index in [1.807, 2.05) is 44.2 Å². The molecule has 0 fully saturated rings. The lowest BCUT2D eigenvalue weighted by Crippen LogP contribution is -2.05. The minimum absolute atomic E-state index is 0.0663. The van der Waals surface area contributed by atoms with E-state index >= 15 is 0 Å². The lowest BCUT2D eigenvalue weighted by atomic mass is 10.2. The zero-order valence-electron chi connectivity index (χ0n) is 17.5. The van der Waals surface area contributed by atoms with Gasteiger partial charge in [0.1, 0.15) is 5.75 Å². The van der Waals surface area contributed by atoms with E-state index in [4.69, 9.17) is 31.2 Å². The maximum absolute atomic E-state index is 5.78. The van der Waals surface area contributed by atoms with Crippen LogP contribution in [0.25, 0.3) is 11.4 Å². The Kier molecular flexibility index (Phi) is 6.73. The first kappa shape index (κ1) is 21.4. The van der Waals surface area contributed by atoms with Gasteiger partial charge in [-0.25, -0.2) is 5.10 Å². The van der Waals surface area contributed by atoms with Crippen molar-refractivity contribution in [2.45, 2.75) is 20.0 Å². The number of benzene rings is 2. The molecule has 0 atom stereocenters. The first-order chi connectivity index (χ1) is 14.5. The number of nitrogens with zero attached hydrogens (tertiary/aromatic N) is 3.